The molecule has 0 fully saturated rings. The van der Waals surface area contributed by atoms with Crippen LogP contribution in [0.15, 0.2) is 35.2 Å². The molecule has 0 aliphatic heterocycles. The molecule has 0 saturated carbocycles. The van der Waals surface area contributed by atoms with E-state index >= 15 is 0 Å². The maximum absolute atomic E-state index is 11.9. The number of rotatable bonds is 5. The average molecular weight is 323 g/mol. The molecule has 0 aliphatic carbocycles. The van der Waals surface area contributed by atoms with Crippen LogP contribution in [0.4, 0.5) is 5.82 Å². The number of carbonyl (C=O) groups excluding carboxylic acids is 1. The van der Waals surface area contributed by atoms with Gasteiger partial charge in [0.15, 0.2) is 0 Å². The number of hydrogen-bond donors (Lipinski definition) is 1. The first kappa shape index (κ1) is 13.7. The molecule has 0 aromatic carbocycles. The standard InChI is InChI=1S/C13H15BrN4O/c1-2-3-12-15-6-7-18(12)9-13(19)17-11-5-4-10(14)8-16-11/h4-8H,2-3,9H2,1H3,(H,16,17,19). The van der Waals surface area contributed by atoms with Gasteiger partial charge in [-0.3, -0.25) is 4.79 Å². The Morgan fingerprint density at radius 3 is 2.95 bits per heavy atom. The largest absolute Gasteiger partial charge is 0.326 e. The molecular formula is C13H15BrN4O. The maximum Gasteiger partial charge on any atom is 0.245 e. The smallest absolute Gasteiger partial charge is 0.245 e. The van der Waals surface area contributed by atoms with E-state index in [0.29, 0.717) is 5.82 Å². The van der Waals surface area contributed by atoms with Crippen molar-refractivity contribution in [3.8, 4) is 0 Å². The fraction of sp³-hybridized carbons (Fsp3) is 0.308. The van der Waals surface area contributed by atoms with Gasteiger partial charge in [-0.1, -0.05) is 6.92 Å². The molecule has 0 spiro atoms. The van der Waals surface area contributed by atoms with Gasteiger partial charge in [-0.15, -0.1) is 0 Å². The van der Waals surface area contributed by atoms with Crippen molar-refractivity contribution in [3.05, 3.63) is 41.0 Å². The lowest BCUT2D eigenvalue weighted by Gasteiger charge is -2.07. The molecule has 2 aromatic heterocycles. The first-order chi connectivity index (χ1) is 9.19. The molecule has 100 valence electrons. The van der Waals surface area contributed by atoms with Gasteiger partial charge in [-0.25, -0.2) is 9.97 Å². The molecule has 0 aliphatic rings. The van der Waals surface area contributed by atoms with Crippen LogP contribution in [0.3, 0.4) is 0 Å². The first-order valence-corrected chi connectivity index (χ1v) is 6.89. The van der Waals surface area contributed by atoms with E-state index in [1.54, 1.807) is 18.5 Å². The number of aryl methyl sites for hydroxylation is 1. The van der Waals surface area contributed by atoms with Crippen LogP contribution >= 0.6 is 15.9 Å². The van der Waals surface area contributed by atoms with Gasteiger partial charge in [0.1, 0.15) is 18.2 Å². The molecule has 1 N–H and O–H groups in total. The summed E-state index contributed by atoms with van der Waals surface area (Å²) in [5.74, 6) is 1.37. The van der Waals surface area contributed by atoms with E-state index in [0.717, 1.165) is 23.1 Å². The van der Waals surface area contributed by atoms with Gasteiger partial charge in [0.05, 0.1) is 0 Å². The van der Waals surface area contributed by atoms with Crippen LogP contribution in [0.2, 0.25) is 0 Å². The molecule has 0 unspecified atom stereocenters. The summed E-state index contributed by atoms with van der Waals surface area (Å²) in [6.07, 6.45) is 7.06. The number of halogens is 1. The highest BCUT2D eigenvalue weighted by molar-refractivity contribution is 9.10. The summed E-state index contributed by atoms with van der Waals surface area (Å²) in [6, 6.07) is 3.59. The lowest BCUT2D eigenvalue weighted by Crippen LogP contribution is -2.20. The third-order valence-corrected chi connectivity index (χ3v) is 3.05. The Hall–Kier alpha value is -1.69. The van der Waals surface area contributed by atoms with Crippen LogP contribution < -0.4 is 5.32 Å². The summed E-state index contributed by atoms with van der Waals surface area (Å²) >= 11 is 3.30. The fourth-order valence-corrected chi connectivity index (χ4v) is 1.96. The summed E-state index contributed by atoms with van der Waals surface area (Å²) in [5, 5.41) is 2.76. The van der Waals surface area contributed by atoms with Crippen molar-refractivity contribution >= 4 is 27.7 Å². The Morgan fingerprint density at radius 1 is 1.42 bits per heavy atom. The van der Waals surface area contributed by atoms with Crippen LogP contribution in [0, 0.1) is 0 Å². The van der Waals surface area contributed by atoms with E-state index in [9.17, 15) is 4.79 Å². The lowest BCUT2D eigenvalue weighted by molar-refractivity contribution is -0.116. The molecule has 2 aromatic rings. The summed E-state index contributed by atoms with van der Waals surface area (Å²) in [5.41, 5.74) is 0. The second kappa shape index (κ2) is 6.47. The molecule has 2 rings (SSSR count). The summed E-state index contributed by atoms with van der Waals surface area (Å²) < 4.78 is 2.74. The third kappa shape index (κ3) is 3.89. The third-order valence-electron chi connectivity index (χ3n) is 2.58. The van der Waals surface area contributed by atoms with E-state index < -0.39 is 0 Å². The number of aromatic nitrogens is 3. The number of pyridine rings is 1. The van der Waals surface area contributed by atoms with Crippen LogP contribution in [0.1, 0.15) is 19.2 Å². The summed E-state index contributed by atoms with van der Waals surface area (Å²) in [6.45, 7) is 2.35. The zero-order chi connectivity index (χ0) is 13.7. The van der Waals surface area contributed by atoms with Crippen LogP contribution in [0.5, 0.6) is 0 Å². The SMILES string of the molecule is CCCc1nccn1CC(=O)Nc1ccc(Br)cn1. The van der Waals surface area contributed by atoms with Gasteiger partial charge in [-0.05, 0) is 34.5 Å². The molecule has 2 heterocycles. The quantitative estimate of drug-likeness (QED) is 0.920. The van der Waals surface area contributed by atoms with Gasteiger partial charge in [0.25, 0.3) is 0 Å². The molecule has 0 atom stereocenters. The minimum Gasteiger partial charge on any atom is -0.326 e. The Bertz CT molecular complexity index is 550. The minimum atomic E-state index is -0.106. The minimum absolute atomic E-state index is 0.106. The van der Waals surface area contributed by atoms with Crippen LogP contribution in [0.25, 0.3) is 0 Å². The second-order valence-corrected chi connectivity index (χ2v) is 5.05. The topological polar surface area (TPSA) is 59.8 Å². The van der Waals surface area contributed by atoms with Crippen molar-refractivity contribution in [3.63, 3.8) is 0 Å². The predicted octanol–water partition coefficient (Wildman–Crippen LogP) is 2.63. The van der Waals surface area contributed by atoms with Crippen molar-refractivity contribution in [2.24, 2.45) is 0 Å². The predicted molar refractivity (Wildman–Crippen MR) is 76.8 cm³/mol. The van der Waals surface area contributed by atoms with Crippen molar-refractivity contribution in [2.75, 3.05) is 5.32 Å². The Kier molecular flexibility index (Phi) is 4.68. The molecule has 0 radical (unpaired) electrons. The Balaban J connectivity index is 1.97. The lowest BCUT2D eigenvalue weighted by atomic mass is 10.3. The van der Waals surface area contributed by atoms with E-state index in [1.165, 1.54) is 0 Å². The van der Waals surface area contributed by atoms with Gasteiger partial charge < -0.3 is 9.88 Å². The van der Waals surface area contributed by atoms with E-state index in [4.69, 9.17) is 0 Å². The van der Waals surface area contributed by atoms with Crippen LogP contribution in [-0.2, 0) is 17.8 Å². The molecule has 0 saturated heterocycles. The molecular weight excluding hydrogens is 308 g/mol. The van der Waals surface area contributed by atoms with Crippen LogP contribution in [-0.4, -0.2) is 20.4 Å². The maximum atomic E-state index is 11.9. The van der Waals surface area contributed by atoms with E-state index in [2.05, 4.69) is 38.1 Å². The molecule has 5 nitrogen and oxygen atoms in total. The number of amides is 1. The van der Waals surface area contributed by atoms with Crippen molar-refractivity contribution in [1.29, 1.82) is 0 Å². The summed E-state index contributed by atoms with van der Waals surface area (Å²) in [7, 11) is 0. The monoisotopic (exact) mass is 322 g/mol. The number of nitrogens with zero attached hydrogens (tertiary/aromatic N) is 3. The highest BCUT2D eigenvalue weighted by atomic mass is 79.9. The molecule has 0 bridgehead atoms. The Morgan fingerprint density at radius 2 is 2.26 bits per heavy atom. The normalized spacial score (nSPS) is 10.4. The highest BCUT2D eigenvalue weighted by Crippen LogP contribution is 2.10. The average Bonchev–Trinajstić information content (AvgIpc) is 2.80. The molecule has 6 heteroatoms. The van der Waals surface area contributed by atoms with E-state index in [1.807, 2.05) is 16.8 Å². The van der Waals surface area contributed by atoms with Crippen molar-refractivity contribution in [2.45, 2.75) is 26.3 Å². The zero-order valence-corrected chi connectivity index (χ0v) is 12.2. The molecule has 19 heavy (non-hydrogen) atoms. The van der Waals surface area contributed by atoms with E-state index in [-0.39, 0.29) is 12.5 Å². The van der Waals surface area contributed by atoms with Gasteiger partial charge in [-0.2, -0.15) is 0 Å². The number of anilines is 1. The number of hydrogen-bond acceptors (Lipinski definition) is 3. The zero-order valence-electron chi connectivity index (χ0n) is 10.6. The summed E-state index contributed by atoms with van der Waals surface area (Å²) in [4.78, 5) is 20.3. The second-order valence-electron chi connectivity index (χ2n) is 4.13. The highest BCUT2D eigenvalue weighted by Gasteiger charge is 2.07. The van der Waals surface area contributed by atoms with Gasteiger partial charge in [0.2, 0.25) is 5.91 Å². The number of carbonyl (C=O) groups is 1. The van der Waals surface area contributed by atoms with Crippen molar-refractivity contribution < 1.29 is 4.79 Å². The Labute approximate surface area is 120 Å². The fourth-order valence-electron chi connectivity index (χ4n) is 1.72. The van der Waals surface area contributed by atoms with Gasteiger partial charge in [0, 0.05) is 29.5 Å². The molecule has 1 amide bonds. The van der Waals surface area contributed by atoms with Crippen molar-refractivity contribution in [1.82, 2.24) is 14.5 Å². The number of nitrogens with one attached hydrogen (secondary N) is 1. The number of imidazole rings is 1. The van der Waals surface area contributed by atoms with Gasteiger partial charge >= 0.3 is 0 Å². The first-order valence-electron chi connectivity index (χ1n) is 6.10.